The van der Waals surface area contributed by atoms with E-state index in [-0.39, 0.29) is 24.4 Å². The summed E-state index contributed by atoms with van der Waals surface area (Å²) in [5, 5.41) is 6.79. The van der Waals surface area contributed by atoms with E-state index >= 15 is 0 Å². The summed E-state index contributed by atoms with van der Waals surface area (Å²) in [7, 11) is 1.87. The predicted octanol–water partition coefficient (Wildman–Crippen LogP) is 4.91. The number of likely N-dealkylation sites (N-methyl/N-ethyl adjacent to an activating group) is 1. The van der Waals surface area contributed by atoms with Gasteiger partial charge >= 0.3 is 5.97 Å². The molecule has 0 saturated carbocycles. The number of esters is 1. The zero-order valence-corrected chi connectivity index (χ0v) is 22.2. The second-order valence-corrected chi connectivity index (χ2v) is 8.86. The van der Waals surface area contributed by atoms with Crippen LogP contribution in [0.2, 0.25) is 0 Å². The summed E-state index contributed by atoms with van der Waals surface area (Å²) in [6.45, 7) is 5.34. The Morgan fingerprint density at radius 3 is 2.75 bits per heavy atom. The number of carbonyl (C=O) groups excluding carboxylic acids is 2. The highest BCUT2D eigenvalue weighted by Crippen LogP contribution is 2.29. The fourth-order valence-electron chi connectivity index (χ4n) is 3.39. The average molecular weight is 556 g/mol. The second kappa shape index (κ2) is 13.6. The lowest BCUT2D eigenvalue weighted by Crippen LogP contribution is -2.29. The van der Waals surface area contributed by atoms with E-state index in [9.17, 15) is 9.59 Å². The molecule has 0 spiro atoms. The monoisotopic (exact) mass is 555 g/mol. The van der Waals surface area contributed by atoms with Crippen LogP contribution in [0.3, 0.4) is 0 Å². The van der Waals surface area contributed by atoms with Gasteiger partial charge in [0, 0.05) is 28.2 Å². The molecule has 2 aromatic carbocycles. The number of allylic oxidation sites excluding steroid dienone is 1. The smallest absolute Gasteiger partial charge is 0.320 e. The highest BCUT2D eigenvalue weighted by molar-refractivity contribution is 9.10. The fourth-order valence-corrected chi connectivity index (χ4v) is 3.79. The summed E-state index contributed by atoms with van der Waals surface area (Å²) < 4.78 is 11.8. The molecule has 0 unspecified atom stereocenters. The molecule has 0 radical (unpaired) electrons. The molecule has 0 aliphatic rings. The zero-order valence-electron chi connectivity index (χ0n) is 20.6. The Morgan fingerprint density at radius 2 is 2.00 bits per heavy atom. The third-order valence-corrected chi connectivity index (χ3v) is 5.46. The lowest BCUT2D eigenvalue weighted by Gasteiger charge is -2.16. The number of aromatic nitrogens is 2. The van der Waals surface area contributed by atoms with E-state index in [1.165, 1.54) is 6.08 Å². The van der Waals surface area contributed by atoms with Gasteiger partial charge in [-0.1, -0.05) is 28.1 Å². The van der Waals surface area contributed by atoms with Crippen molar-refractivity contribution < 1.29 is 19.1 Å². The molecule has 36 heavy (non-hydrogen) atoms. The van der Waals surface area contributed by atoms with Crippen LogP contribution in [0.15, 0.2) is 59.1 Å². The number of ether oxygens (including phenoxy) is 2. The lowest BCUT2D eigenvalue weighted by molar-refractivity contribution is -0.144. The van der Waals surface area contributed by atoms with E-state index in [1.54, 1.807) is 19.9 Å². The number of anilines is 3. The van der Waals surface area contributed by atoms with Gasteiger partial charge in [0.05, 0.1) is 25.3 Å². The maximum Gasteiger partial charge on any atom is 0.320 e. The van der Waals surface area contributed by atoms with Crippen LogP contribution < -0.4 is 15.4 Å². The molecule has 3 rings (SSSR count). The summed E-state index contributed by atoms with van der Waals surface area (Å²) in [5.41, 5.74) is 1.46. The van der Waals surface area contributed by atoms with Crippen molar-refractivity contribution in [2.24, 2.45) is 0 Å². The van der Waals surface area contributed by atoms with Gasteiger partial charge in [0.2, 0.25) is 11.9 Å². The molecule has 9 nitrogen and oxygen atoms in total. The number of fused-ring (bicyclic) bond motifs is 1. The number of amides is 1. The van der Waals surface area contributed by atoms with Crippen molar-refractivity contribution in [3.05, 3.63) is 59.1 Å². The number of hydrogen-bond acceptors (Lipinski definition) is 8. The first-order chi connectivity index (χ1) is 17.4. The Hall–Kier alpha value is -3.50. The molecule has 0 bridgehead atoms. The van der Waals surface area contributed by atoms with Gasteiger partial charge < -0.3 is 14.8 Å². The van der Waals surface area contributed by atoms with E-state index < -0.39 is 0 Å². The topological polar surface area (TPSA) is 106 Å². The Labute approximate surface area is 219 Å². The van der Waals surface area contributed by atoms with E-state index in [0.29, 0.717) is 36.8 Å². The van der Waals surface area contributed by atoms with Crippen LogP contribution >= 0.6 is 15.9 Å². The van der Waals surface area contributed by atoms with Crippen molar-refractivity contribution in [2.75, 3.05) is 44.0 Å². The molecule has 3 aromatic rings. The minimum atomic E-state index is -0.315. The molecule has 2 N–H and O–H groups in total. The van der Waals surface area contributed by atoms with Gasteiger partial charge in [0.15, 0.2) is 0 Å². The number of benzene rings is 2. The van der Waals surface area contributed by atoms with Crippen molar-refractivity contribution in [1.82, 2.24) is 14.9 Å². The molecule has 0 fully saturated rings. The first-order valence-electron chi connectivity index (χ1n) is 11.6. The van der Waals surface area contributed by atoms with Crippen LogP contribution in [0.4, 0.5) is 17.5 Å². The number of hydrogen-bond donors (Lipinski definition) is 2. The SMILES string of the molecule is CC=CC(=O)Nc1nc(Nc2cccc(Br)c2)c2ccc(OCCCN(C)CC(=O)OCC)cc2n1. The fraction of sp³-hybridized carbons (Fsp3) is 0.308. The second-order valence-electron chi connectivity index (χ2n) is 7.94. The summed E-state index contributed by atoms with van der Waals surface area (Å²) in [6.07, 6.45) is 3.79. The third kappa shape index (κ3) is 8.31. The maximum absolute atomic E-state index is 12.1. The third-order valence-electron chi connectivity index (χ3n) is 4.97. The van der Waals surface area contributed by atoms with Crippen molar-refractivity contribution >= 4 is 56.2 Å². The highest BCUT2D eigenvalue weighted by atomic mass is 79.9. The number of halogens is 1. The molecule has 0 aliphatic heterocycles. The molecular weight excluding hydrogens is 526 g/mol. The van der Waals surface area contributed by atoms with Gasteiger partial charge in [-0.3, -0.25) is 19.8 Å². The molecule has 0 aliphatic carbocycles. The van der Waals surface area contributed by atoms with E-state index in [0.717, 1.165) is 22.0 Å². The van der Waals surface area contributed by atoms with Crippen LogP contribution in [0.25, 0.3) is 10.9 Å². The minimum Gasteiger partial charge on any atom is -0.493 e. The number of nitrogens with zero attached hydrogens (tertiary/aromatic N) is 3. The zero-order chi connectivity index (χ0) is 25.9. The van der Waals surface area contributed by atoms with Crippen LogP contribution in [-0.4, -0.2) is 60.1 Å². The van der Waals surface area contributed by atoms with E-state index in [4.69, 9.17) is 9.47 Å². The Morgan fingerprint density at radius 1 is 1.17 bits per heavy atom. The largest absolute Gasteiger partial charge is 0.493 e. The Bertz CT molecular complexity index is 1230. The van der Waals surface area contributed by atoms with Gasteiger partial charge in [-0.05, 0) is 63.7 Å². The first-order valence-corrected chi connectivity index (χ1v) is 12.4. The molecule has 190 valence electrons. The normalized spacial score (nSPS) is 11.1. The van der Waals surface area contributed by atoms with Crippen molar-refractivity contribution in [3.63, 3.8) is 0 Å². The molecule has 1 heterocycles. The number of rotatable bonds is 12. The lowest BCUT2D eigenvalue weighted by atomic mass is 10.2. The van der Waals surface area contributed by atoms with Crippen molar-refractivity contribution in [1.29, 1.82) is 0 Å². The van der Waals surface area contributed by atoms with Gasteiger partial charge in [0.25, 0.3) is 0 Å². The standard InChI is InChI=1S/C26H30BrN5O4/c1-4-8-23(33)30-26-29-22-16-20(36-14-7-13-32(3)17-24(34)35-5-2)11-12-21(22)25(31-26)28-19-10-6-9-18(27)15-19/h4,6,8-12,15-16H,5,7,13-14,17H2,1-3H3,(H2,28,29,30,31,33). The number of nitrogens with one attached hydrogen (secondary N) is 2. The maximum atomic E-state index is 12.1. The Kier molecular flexibility index (Phi) is 10.2. The van der Waals surface area contributed by atoms with Crippen molar-refractivity contribution in [3.8, 4) is 5.75 Å². The van der Waals surface area contributed by atoms with Crippen LogP contribution in [0.5, 0.6) is 5.75 Å². The first kappa shape index (κ1) is 27.1. The Balaban J connectivity index is 1.75. The highest BCUT2D eigenvalue weighted by Gasteiger charge is 2.12. The predicted molar refractivity (Wildman–Crippen MR) is 145 cm³/mol. The van der Waals surface area contributed by atoms with Crippen LogP contribution in [-0.2, 0) is 14.3 Å². The molecule has 10 heteroatoms. The minimum absolute atomic E-state index is 0.181. The van der Waals surface area contributed by atoms with Gasteiger partial charge in [-0.25, -0.2) is 4.98 Å². The van der Waals surface area contributed by atoms with Gasteiger partial charge in [0.1, 0.15) is 11.6 Å². The van der Waals surface area contributed by atoms with E-state index in [2.05, 4.69) is 36.5 Å². The average Bonchev–Trinajstić information content (AvgIpc) is 2.82. The van der Waals surface area contributed by atoms with Gasteiger partial charge in [-0.15, -0.1) is 0 Å². The van der Waals surface area contributed by atoms with Crippen LogP contribution in [0.1, 0.15) is 20.3 Å². The molecule has 1 aromatic heterocycles. The summed E-state index contributed by atoms with van der Waals surface area (Å²) in [6, 6.07) is 13.3. The molecule has 0 atom stereocenters. The summed E-state index contributed by atoms with van der Waals surface area (Å²) in [4.78, 5) is 34.6. The molecule has 0 saturated heterocycles. The number of carbonyl (C=O) groups is 2. The molecule has 1 amide bonds. The summed E-state index contributed by atoms with van der Waals surface area (Å²) >= 11 is 3.48. The van der Waals surface area contributed by atoms with Crippen LogP contribution in [0, 0.1) is 0 Å². The van der Waals surface area contributed by atoms with Crippen molar-refractivity contribution in [2.45, 2.75) is 20.3 Å². The van der Waals surface area contributed by atoms with Gasteiger partial charge in [-0.2, -0.15) is 4.98 Å². The summed E-state index contributed by atoms with van der Waals surface area (Å²) in [5.74, 6) is 0.833. The van der Waals surface area contributed by atoms with E-state index in [1.807, 2.05) is 54.4 Å². The quantitative estimate of drug-likeness (QED) is 0.184. The molecular formula is C26H30BrN5O4.